The number of rotatable bonds is 14. The number of hydrogen-bond acceptors (Lipinski definition) is 3. The topological polar surface area (TPSA) is 55.4 Å². The van der Waals surface area contributed by atoms with Crippen LogP contribution in [0, 0.1) is 0 Å². The van der Waals surface area contributed by atoms with E-state index >= 15 is 0 Å². The molecule has 0 fully saturated rings. The molecule has 0 aliphatic rings. The van der Waals surface area contributed by atoms with Crippen molar-refractivity contribution < 1.29 is 14.3 Å². The van der Waals surface area contributed by atoms with E-state index in [1.54, 1.807) is 0 Å². The molecule has 0 aliphatic carbocycles. The molecule has 4 nitrogen and oxygen atoms in total. The van der Waals surface area contributed by atoms with Crippen LogP contribution < -0.4 is 5.32 Å². The molecule has 1 aromatic carbocycles. The van der Waals surface area contributed by atoms with E-state index in [0.29, 0.717) is 18.6 Å². The van der Waals surface area contributed by atoms with E-state index in [1.807, 2.05) is 31.2 Å². The van der Waals surface area contributed by atoms with Gasteiger partial charge in [0.15, 0.2) is 0 Å². The van der Waals surface area contributed by atoms with E-state index in [1.165, 1.54) is 32.1 Å². The van der Waals surface area contributed by atoms with Crippen LogP contribution in [-0.4, -0.2) is 25.0 Å². The number of ether oxygens (including phenoxy) is 1. The zero-order chi connectivity index (χ0) is 19.0. The van der Waals surface area contributed by atoms with Crippen molar-refractivity contribution >= 4 is 27.8 Å². The first-order valence-corrected chi connectivity index (χ1v) is 10.6. The zero-order valence-corrected chi connectivity index (χ0v) is 17.5. The maximum atomic E-state index is 12.0. The Morgan fingerprint density at radius 2 is 1.50 bits per heavy atom. The highest BCUT2D eigenvalue weighted by Gasteiger charge is 2.07. The van der Waals surface area contributed by atoms with Crippen LogP contribution in [0.4, 0.5) is 0 Å². The monoisotopic (exact) mass is 425 g/mol. The summed E-state index contributed by atoms with van der Waals surface area (Å²) in [6, 6.07) is 7.48. The summed E-state index contributed by atoms with van der Waals surface area (Å²) in [5.74, 6) is -0.0838. The first-order chi connectivity index (χ1) is 12.6. The van der Waals surface area contributed by atoms with E-state index < -0.39 is 0 Å². The highest BCUT2D eigenvalue weighted by atomic mass is 79.9. The number of benzene rings is 1. The number of halogens is 1. The van der Waals surface area contributed by atoms with Gasteiger partial charge in [0, 0.05) is 17.4 Å². The maximum absolute atomic E-state index is 12.0. The minimum atomic E-state index is -0.0702. The summed E-state index contributed by atoms with van der Waals surface area (Å²) in [4.78, 5) is 23.2. The van der Waals surface area contributed by atoms with Crippen LogP contribution in [0.2, 0.25) is 0 Å². The molecule has 1 N–H and O–H groups in total. The predicted octanol–water partition coefficient (Wildman–Crippen LogP) is 5.64. The van der Waals surface area contributed by atoms with Gasteiger partial charge in [-0.3, -0.25) is 9.59 Å². The quantitative estimate of drug-likeness (QED) is 0.309. The lowest BCUT2D eigenvalue weighted by atomic mass is 10.1. The molecule has 0 bridgehead atoms. The maximum Gasteiger partial charge on any atom is 0.305 e. The van der Waals surface area contributed by atoms with Gasteiger partial charge in [-0.1, -0.05) is 57.1 Å². The number of esters is 1. The van der Waals surface area contributed by atoms with Crippen LogP contribution in [0.25, 0.3) is 0 Å². The fourth-order valence-electron chi connectivity index (χ4n) is 2.81. The molecule has 0 aliphatic heterocycles. The molecule has 0 saturated carbocycles. The largest absolute Gasteiger partial charge is 0.466 e. The van der Waals surface area contributed by atoms with Crippen LogP contribution in [-0.2, 0) is 9.53 Å². The fraction of sp³-hybridized carbons (Fsp3) is 0.619. The third-order valence-electron chi connectivity index (χ3n) is 4.27. The summed E-state index contributed by atoms with van der Waals surface area (Å²) >= 11 is 3.40. The molecule has 0 aromatic heterocycles. The van der Waals surface area contributed by atoms with Crippen molar-refractivity contribution in [1.29, 1.82) is 0 Å². The van der Waals surface area contributed by atoms with E-state index in [4.69, 9.17) is 4.74 Å². The molecular weight excluding hydrogens is 394 g/mol. The molecule has 0 spiro atoms. The molecule has 1 amide bonds. The predicted molar refractivity (Wildman–Crippen MR) is 109 cm³/mol. The van der Waals surface area contributed by atoms with Gasteiger partial charge in [0.05, 0.1) is 12.2 Å². The Labute approximate surface area is 166 Å². The van der Waals surface area contributed by atoms with E-state index in [9.17, 15) is 9.59 Å². The van der Waals surface area contributed by atoms with Gasteiger partial charge in [-0.2, -0.15) is 0 Å². The number of hydrogen-bond donors (Lipinski definition) is 1. The Kier molecular flexibility index (Phi) is 12.9. The lowest BCUT2D eigenvalue weighted by Crippen LogP contribution is -2.24. The van der Waals surface area contributed by atoms with Gasteiger partial charge in [-0.05, 0) is 47.8 Å². The van der Waals surface area contributed by atoms with Crippen molar-refractivity contribution in [2.45, 2.75) is 71.1 Å². The smallest absolute Gasteiger partial charge is 0.305 e. The van der Waals surface area contributed by atoms with Crippen molar-refractivity contribution in [3.63, 3.8) is 0 Å². The van der Waals surface area contributed by atoms with Crippen LogP contribution in [0.15, 0.2) is 28.7 Å². The number of unbranched alkanes of at least 4 members (excludes halogenated alkanes) is 8. The minimum Gasteiger partial charge on any atom is -0.466 e. The van der Waals surface area contributed by atoms with Crippen LogP contribution in [0.3, 0.4) is 0 Å². The molecule has 5 heteroatoms. The Bertz CT molecular complexity index is 534. The van der Waals surface area contributed by atoms with E-state index in [0.717, 1.165) is 36.7 Å². The Hall–Kier alpha value is -1.36. The third-order valence-corrected chi connectivity index (χ3v) is 4.96. The summed E-state index contributed by atoms with van der Waals surface area (Å²) in [5.41, 5.74) is 0.690. The number of carbonyl (C=O) groups is 2. The zero-order valence-electron chi connectivity index (χ0n) is 15.9. The molecule has 1 aromatic rings. The second-order valence-electron chi connectivity index (χ2n) is 6.47. The van der Waals surface area contributed by atoms with Crippen molar-refractivity contribution in [2.24, 2.45) is 0 Å². The van der Waals surface area contributed by atoms with Gasteiger partial charge in [0.25, 0.3) is 5.91 Å². The molecule has 0 atom stereocenters. The lowest BCUT2D eigenvalue weighted by Gasteiger charge is -2.07. The Morgan fingerprint density at radius 1 is 0.923 bits per heavy atom. The minimum absolute atomic E-state index is 0.0136. The summed E-state index contributed by atoms with van der Waals surface area (Å²) in [5, 5.41) is 2.98. The number of nitrogens with one attached hydrogen (secondary N) is 1. The van der Waals surface area contributed by atoms with Crippen LogP contribution in [0.5, 0.6) is 0 Å². The number of carbonyl (C=O) groups excluding carboxylic acids is 2. The molecule has 0 heterocycles. The first kappa shape index (κ1) is 22.7. The molecule has 26 heavy (non-hydrogen) atoms. The standard InChI is InChI=1S/C21H32BrNO3/c1-2-26-20(24)16-10-8-6-4-3-5-7-9-13-17-23-21(25)18-14-11-12-15-19(18)22/h11-12,14-15H,2-10,13,16-17H2,1H3,(H,23,25). The highest BCUT2D eigenvalue weighted by molar-refractivity contribution is 9.10. The summed E-state index contributed by atoms with van der Waals surface area (Å²) in [7, 11) is 0. The average Bonchev–Trinajstić information content (AvgIpc) is 2.63. The van der Waals surface area contributed by atoms with Gasteiger partial charge in [-0.25, -0.2) is 0 Å². The molecule has 1 rings (SSSR count). The van der Waals surface area contributed by atoms with Crippen LogP contribution in [0.1, 0.15) is 81.5 Å². The Balaban J connectivity index is 1.89. The van der Waals surface area contributed by atoms with Crippen molar-refractivity contribution in [1.82, 2.24) is 5.32 Å². The van der Waals surface area contributed by atoms with Gasteiger partial charge < -0.3 is 10.1 Å². The molecule has 0 saturated heterocycles. The molecular formula is C21H32BrNO3. The highest BCUT2D eigenvalue weighted by Crippen LogP contribution is 2.15. The van der Waals surface area contributed by atoms with Gasteiger partial charge >= 0.3 is 5.97 Å². The van der Waals surface area contributed by atoms with E-state index in [-0.39, 0.29) is 11.9 Å². The number of amides is 1. The third kappa shape index (κ3) is 10.6. The summed E-state index contributed by atoms with van der Waals surface area (Å²) in [6.45, 7) is 3.05. The summed E-state index contributed by atoms with van der Waals surface area (Å²) in [6.07, 6.45) is 10.9. The first-order valence-electron chi connectivity index (χ1n) is 9.83. The molecule has 146 valence electrons. The second kappa shape index (κ2) is 14.8. The molecule has 0 radical (unpaired) electrons. The van der Waals surface area contributed by atoms with Gasteiger partial charge in [0.2, 0.25) is 0 Å². The normalized spacial score (nSPS) is 10.5. The van der Waals surface area contributed by atoms with Crippen molar-refractivity contribution in [3.05, 3.63) is 34.3 Å². The van der Waals surface area contributed by atoms with Gasteiger partial charge in [0.1, 0.15) is 0 Å². The fourth-order valence-corrected chi connectivity index (χ4v) is 3.27. The summed E-state index contributed by atoms with van der Waals surface area (Å²) < 4.78 is 5.75. The average molecular weight is 426 g/mol. The van der Waals surface area contributed by atoms with Crippen molar-refractivity contribution in [2.75, 3.05) is 13.2 Å². The SMILES string of the molecule is CCOC(=O)CCCCCCCCCCCNC(=O)c1ccccc1Br. The van der Waals surface area contributed by atoms with Gasteiger partial charge in [-0.15, -0.1) is 0 Å². The second-order valence-corrected chi connectivity index (χ2v) is 7.33. The Morgan fingerprint density at radius 3 is 2.12 bits per heavy atom. The lowest BCUT2D eigenvalue weighted by molar-refractivity contribution is -0.143. The van der Waals surface area contributed by atoms with Crippen molar-refractivity contribution in [3.8, 4) is 0 Å². The van der Waals surface area contributed by atoms with E-state index in [2.05, 4.69) is 21.2 Å². The van der Waals surface area contributed by atoms with Crippen LogP contribution >= 0.6 is 15.9 Å². The molecule has 0 unspecified atom stereocenters.